The quantitative estimate of drug-likeness (QED) is 0.462. The van der Waals surface area contributed by atoms with Gasteiger partial charge in [0.1, 0.15) is 0 Å². The molecule has 1 aliphatic rings. The summed E-state index contributed by atoms with van der Waals surface area (Å²) in [7, 11) is 2.00. The molecule has 32 heavy (non-hydrogen) atoms. The van der Waals surface area contributed by atoms with Gasteiger partial charge in [0.2, 0.25) is 11.9 Å². The molecular weight excluding hydrogens is 404 g/mol. The van der Waals surface area contributed by atoms with E-state index in [1.807, 2.05) is 24.1 Å². The zero-order chi connectivity index (χ0) is 22.1. The monoisotopic (exact) mass is 434 g/mol. The second-order valence-corrected chi connectivity index (χ2v) is 8.49. The van der Waals surface area contributed by atoms with Crippen LogP contribution in [0.25, 0.3) is 16.7 Å². The van der Waals surface area contributed by atoms with Gasteiger partial charge in [-0.25, -0.2) is 4.98 Å². The molecular formula is C23H30N8O. The molecule has 1 saturated heterocycles. The van der Waals surface area contributed by atoms with Crippen LogP contribution in [0, 0.1) is 0 Å². The predicted octanol–water partition coefficient (Wildman–Crippen LogP) is 2.93. The number of hydrogen-bond donors (Lipinski definition) is 2. The molecule has 0 aliphatic carbocycles. The number of fused-ring (bicyclic) bond motifs is 2. The number of aryl methyl sites for hydroxylation is 2. The number of aliphatic hydroxyl groups excluding tert-OH is 1. The fourth-order valence-electron chi connectivity index (χ4n) is 4.59. The Morgan fingerprint density at radius 1 is 1.22 bits per heavy atom. The van der Waals surface area contributed by atoms with Gasteiger partial charge >= 0.3 is 0 Å². The zero-order valence-electron chi connectivity index (χ0n) is 18.7. The summed E-state index contributed by atoms with van der Waals surface area (Å²) in [5.74, 6) is 1.40. The van der Waals surface area contributed by atoms with E-state index < -0.39 is 0 Å². The third-order valence-corrected chi connectivity index (χ3v) is 6.40. The third-order valence-electron chi connectivity index (χ3n) is 6.40. The maximum atomic E-state index is 9.55. The predicted molar refractivity (Wildman–Crippen MR) is 125 cm³/mol. The highest BCUT2D eigenvalue weighted by Crippen LogP contribution is 2.26. The van der Waals surface area contributed by atoms with E-state index in [1.165, 1.54) is 6.42 Å². The first kappa shape index (κ1) is 20.7. The molecule has 1 aromatic carbocycles. The molecule has 168 valence electrons. The molecule has 4 heterocycles. The number of aliphatic hydroxyl groups is 1. The van der Waals surface area contributed by atoms with Gasteiger partial charge in [-0.2, -0.15) is 19.6 Å². The second-order valence-electron chi connectivity index (χ2n) is 8.49. The number of nitrogens with one attached hydrogen (secondary N) is 1. The molecule has 1 aliphatic heterocycles. The van der Waals surface area contributed by atoms with Crippen molar-refractivity contribution in [3.8, 4) is 0 Å². The molecule has 1 atom stereocenters. The summed E-state index contributed by atoms with van der Waals surface area (Å²) in [4.78, 5) is 16.5. The molecule has 5 rings (SSSR count). The number of rotatable bonds is 7. The molecule has 2 N–H and O–H groups in total. The largest absolute Gasteiger partial charge is 0.396 e. The molecule has 9 nitrogen and oxygen atoms in total. The number of nitrogens with zero attached hydrogens (tertiary/aromatic N) is 7. The van der Waals surface area contributed by atoms with Crippen molar-refractivity contribution in [3.05, 3.63) is 41.9 Å². The smallest absolute Gasteiger partial charge is 0.230 e. The van der Waals surface area contributed by atoms with E-state index in [0.29, 0.717) is 18.4 Å². The molecule has 3 aromatic heterocycles. The van der Waals surface area contributed by atoms with Crippen molar-refractivity contribution in [1.29, 1.82) is 0 Å². The molecule has 4 aromatic rings. The van der Waals surface area contributed by atoms with Crippen LogP contribution in [-0.4, -0.2) is 53.4 Å². The zero-order valence-corrected chi connectivity index (χ0v) is 18.7. The maximum Gasteiger partial charge on any atom is 0.230 e. The molecule has 0 spiro atoms. The van der Waals surface area contributed by atoms with Crippen LogP contribution in [-0.2, 0) is 20.0 Å². The molecule has 9 heteroatoms. The summed E-state index contributed by atoms with van der Waals surface area (Å²) < 4.78 is 3.82. The molecule has 1 fully saturated rings. The maximum absolute atomic E-state index is 9.55. The van der Waals surface area contributed by atoms with Gasteiger partial charge < -0.3 is 19.9 Å². The van der Waals surface area contributed by atoms with Crippen LogP contribution >= 0.6 is 0 Å². The van der Waals surface area contributed by atoms with E-state index >= 15 is 0 Å². The van der Waals surface area contributed by atoms with Crippen LogP contribution in [0.1, 0.15) is 43.7 Å². The number of hydrogen-bond acceptors (Lipinski definition) is 7. The van der Waals surface area contributed by atoms with Crippen molar-refractivity contribution < 1.29 is 5.11 Å². The molecule has 0 unspecified atom stereocenters. The van der Waals surface area contributed by atoms with E-state index in [1.54, 1.807) is 4.52 Å². The first-order valence-corrected chi connectivity index (χ1v) is 11.4. The Morgan fingerprint density at radius 2 is 2.12 bits per heavy atom. The van der Waals surface area contributed by atoms with Gasteiger partial charge in [-0.05, 0) is 49.8 Å². The number of aromatic nitrogens is 6. The van der Waals surface area contributed by atoms with Gasteiger partial charge in [0, 0.05) is 38.3 Å². The Bertz CT molecular complexity index is 1230. The van der Waals surface area contributed by atoms with E-state index in [2.05, 4.69) is 45.4 Å². The Labute approximate surface area is 187 Å². The summed E-state index contributed by atoms with van der Waals surface area (Å²) in [6, 6.07) is 6.57. The van der Waals surface area contributed by atoms with Gasteiger partial charge in [-0.15, -0.1) is 0 Å². The lowest BCUT2D eigenvalue weighted by Crippen LogP contribution is -2.41. The van der Waals surface area contributed by atoms with Crippen molar-refractivity contribution in [3.63, 3.8) is 0 Å². The number of imidazole rings is 1. The van der Waals surface area contributed by atoms with Crippen LogP contribution in [0.2, 0.25) is 0 Å². The van der Waals surface area contributed by atoms with E-state index in [-0.39, 0.29) is 12.6 Å². The first-order chi connectivity index (χ1) is 15.7. The summed E-state index contributed by atoms with van der Waals surface area (Å²) >= 11 is 0. The van der Waals surface area contributed by atoms with Crippen molar-refractivity contribution in [2.75, 3.05) is 23.4 Å². The fraction of sp³-hybridized carbons (Fsp3) is 0.478. The van der Waals surface area contributed by atoms with Gasteiger partial charge in [0.25, 0.3) is 0 Å². The minimum Gasteiger partial charge on any atom is -0.396 e. The summed E-state index contributed by atoms with van der Waals surface area (Å²) in [6.07, 6.45) is 8.65. The Morgan fingerprint density at radius 3 is 2.97 bits per heavy atom. The van der Waals surface area contributed by atoms with Crippen LogP contribution in [0.15, 0.2) is 30.7 Å². The lowest BCUT2D eigenvalue weighted by molar-refractivity contribution is 0.261. The second kappa shape index (κ2) is 8.74. The van der Waals surface area contributed by atoms with Gasteiger partial charge in [-0.1, -0.05) is 13.0 Å². The SMILES string of the molecule is CCc1cnn2c(NCc3ccc4c(c3)ncn4C)nc(N3CCCC[C@H]3CCO)nc12. The molecule has 0 saturated carbocycles. The van der Waals surface area contributed by atoms with Gasteiger partial charge in [-0.3, -0.25) is 0 Å². The average Bonchev–Trinajstić information content (AvgIpc) is 3.41. The summed E-state index contributed by atoms with van der Waals surface area (Å²) in [5.41, 5.74) is 5.16. The Hall–Kier alpha value is -3.20. The van der Waals surface area contributed by atoms with Crippen LogP contribution in [0.4, 0.5) is 11.9 Å². The normalized spacial score (nSPS) is 16.8. The number of anilines is 2. The molecule has 0 amide bonds. The lowest BCUT2D eigenvalue weighted by atomic mass is 10.0. The lowest BCUT2D eigenvalue weighted by Gasteiger charge is -2.35. The summed E-state index contributed by atoms with van der Waals surface area (Å²) in [5, 5.41) is 17.6. The van der Waals surface area contributed by atoms with Crippen LogP contribution in [0.5, 0.6) is 0 Å². The van der Waals surface area contributed by atoms with Gasteiger partial charge in [0.05, 0.1) is 23.6 Å². The minimum absolute atomic E-state index is 0.178. The topological polar surface area (TPSA) is 96.4 Å². The van der Waals surface area contributed by atoms with E-state index in [0.717, 1.165) is 60.0 Å². The molecule has 0 bridgehead atoms. The van der Waals surface area contributed by atoms with E-state index in [4.69, 9.17) is 9.97 Å². The highest BCUT2D eigenvalue weighted by atomic mass is 16.3. The van der Waals surface area contributed by atoms with Crippen molar-refractivity contribution in [2.45, 2.75) is 51.6 Å². The van der Waals surface area contributed by atoms with Crippen LogP contribution < -0.4 is 10.2 Å². The first-order valence-electron chi connectivity index (χ1n) is 11.4. The van der Waals surface area contributed by atoms with Crippen LogP contribution in [0.3, 0.4) is 0 Å². The van der Waals surface area contributed by atoms with Crippen molar-refractivity contribution in [1.82, 2.24) is 29.1 Å². The average molecular weight is 435 g/mol. The van der Waals surface area contributed by atoms with Gasteiger partial charge in [0.15, 0.2) is 5.65 Å². The molecule has 0 radical (unpaired) electrons. The fourth-order valence-corrected chi connectivity index (χ4v) is 4.59. The highest BCUT2D eigenvalue weighted by molar-refractivity contribution is 5.76. The minimum atomic E-state index is 0.178. The number of piperidine rings is 1. The number of benzene rings is 1. The van der Waals surface area contributed by atoms with E-state index in [9.17, 15) is 5.11 Å². The van der Waals surface area contributed by atoms with Crippen molar-refractivity contribution >= 4 is 28.6 Å². The van der Waals surface area contributed by atoms with Crippen molar-refractivity contribution in [2.24, 2.45) is 7.05 Å². The summed E-state index contributed by atoms with van der Waals surface area (Å²) in [6.45, 7) is 3.81. The Kier molecular flexibility index (Phi) is 5.65. The highest BCUT2D eigenvalue weighted by Gasteiger charge is 2.26. The Balaban J connectivity index is 1.48. The third kappa shape index (κ3) is 3.77. The standard InChI is InChI=1S/C23H30N8O/c1-3-17-14-26-31-21(17)27-23(30-10-5-4-6-18(30)9-11-32)28-22(31)24-13-16-7-8-20-19(12-16)25-15-29(20)2/h7-8,12,14-15,18,32H,3-6,9-11,13H2,1-2H3,(H,24,27,28)/t18-/m0/s1.